The molecule has 0 amide bonds. The highest BCUT2D eigenvalue weighted by Crippen LogP contribution is 2.47. The number of benzene rings is 3. The van der Waals surface area contributed by atoms with Crippen LogP contribution in [0.4, 0.5) is 18.9 Å². The largest absolute Gasteiger partial charge is 0.434 e. The number of hydrogen-bond acceptors (Lipinski definition) is 3. The third-order valence-corrected chi connectivity index (χ3v) is 5.91. The summed E-state index contributed by atoms with van der Waals surface area (Å²) in [7, 11) is 0. The second-order valence-electron chi connectivity index (χ2n) is 7.88. The van der Waals surface area contributed by atoms with E-state index < -0.39 is 12.4 Å². The number of unbranched alkanes of at least 4 members (excludes halogenated alkanes) is 1. The van der Waals surface area contributed by atoms with Gasteiger partial charge in [0.25, 0.3) is 0 Å². The Bertz CT molecular complexity index is 1190. The average molecular weight is 439 g/mol. The molecule has 0 N–H and O–H groups in total. The number of halogens is 3. The van der Waals surface area contributed by atoms with Gasteiger partial charge in [0.05, 0.1) is 12.2 Å². The van der Waals surface area contributed by atoms with Crippen LogP contribution in [0.15, 0.2) is 49.0 Å². The van der Waals surface area contributed by atoms with Gasteiger partial charge < -0.3 is 14.4 Å². The molecule has 6 heteroatoms. The van der Waals surface area contributed by atoms with Crippen molar-refractivity contribution < 1.29 is 22.7 Å². The molecule has 4 rings (SSSR count). The van der Waals surface area contributed by atoms with E-state index in [0.717, 1.165) is 42.1 Å². The molecule has 1 heterocycles. The van der Waals surface area contributed by atoms with Crippen molar-refractivity contribution in [3.8, 4) is 5.75 Å². The molecule has 0 fully saturated rings. The summed E-state index contributed by atoms with van der Waals surface area (Å²) in [6.45, 7) is 3.49. The van der Waals surface area contributed by atoms with Crippen molar-refractivity contribution >= 4 is 28.4 Å². The number of carbonyl (C=O) groups is 1. The molecular weight excluding hydrogens is 415 g/mol. The fraction of sp³-hybridized carbons (Fsp3) is 0.269. The van der Waals surface area contributed by atoms with Crippen LogP contribution in [0.3, 0.4) is 0 Å². The fourth-order valence-electron chi connectivity index (χ4n) is 4.48. The quantitative estimate of drug-likeness (QED) is 0.368. The fourth-order valence-corrected chi connectivity index (χ4v) is 4.48. The molecule has 32 heavy (non-hydrogen) atoms. The first-order chi connectivity index (χ1) is 15.5. The van der Waals surface area contributed by atoms with Crippen LogP contribution in [0.1, 0.15) is 42.0 Å². The number of aldehydes is 1. The van der Waals surface area contributed by atoms with Gasteiger partial charge in [-0.2, -0.15) is 8.78 Å². The van der Waals surface area contributed by atoms with E-state index in [9.17, 15) is 18.0 Å². The molecule has 1 aliphatic rings. The van der Waals surface area contributed by atoms with Crippen molar-refractivity contribution in [1.82, 2.24) is 0 Å². The van der Waals surface area contributed by atoms with Crippen molar-refractivity contribution in [3.63, 3.8) is 0 Å². The highest BCUT2D eigenvalue weighted by Gasteiger charge is 2.33. The number of rotatable bonds is 8. The van der Waals surface area contributed by atoms with E-state index in [2.05, 4.69) is 13.5 Å². The Labute approximate surface area is 185 Å². The lowest BCUT2D eigenvalue weighted by molar-refractivity contribution is -0.107. The third-order valence-electron chi connectivity index (χ3n) is 5.91. The SMILES string of the molecule is C=C1c2c(c(OC(F)F)c3ccccc3c2CCCC)CN1c1ccc(CC=O)cc1F. The predicted molar refractivity (Wildman–Crippen MR) is 121 cm³/mol. The van der Waals surface area contributed by atoms with Gasteiger partial charge in [0.1, 0.15) is 17.9 Å². The summed E-state index contributed by atoms with van der Waals surface area (Å²) in [6, 6.07) is 12.0. The van der Waals surface area contributed by atoms with Crippen LogP contribution in [0.2, 0.25) is 0 Å². The van der Waals surface area contributed by atoms with Crippen LogP contribution in [0.25, 0.3) is 16.5 Å². The zero-order valence-electron chi connectivity index (χ0n) is 17.8. The van der Waals surface area contributed by atoms with Crippen LogP contribution in [0, 0.1) is 5.82 Å². The topological polar surface area (TPSA) is 29.5 Å². The molecular formula is C26H24F3NO2. The minimum atomic E-state index is -2.98. The Kier molecular flexibility index (Phi) is 6.21. The molecule has 0 unspecified atom stereocenters. The summed E-state index contributed by atoms with van der Waals surface area (Å²) in [6.07, 6.45) is 3.49. The number of nitrogens with zero attached hydrogens (tertiary/aromatic N) is 1. The van der Waals surface area contributed by atoms with Crippen molar-refractivity contribution in [2.45, 2.75) is 45.8 Å². The molecule has 1 aliphatic heterocycles. The Balaban J connectivity index is 1.90. The number of anilines is 1. The molecule has 0 radical (unpaired) electrons. The van der Waals surface area contributed by atoms with Gasteiger partial charge in [0.2, 0.25) is 0 Å². The maximum atomic E-state index is 15.0. The second kappa shape index (κ2) is 9.07. The Morgan fingerprint density at radius 3 is 2.59 bits per heavy atom. The van der Waals surface area contributed by atoms with Crippen molar-refractivity contribution in [2.75, 3.05) is 4.90 Å². The Hall–Kier alpha value is -3.28. The van der Waals surface area contributed by atoms with Gasteiger partial charge in [0.15, 0.2) is 0 Å². The summed E-state index contributed by atoms with van der Waals surface area (Å²) >= 11 is 0. The van der Waals surface area contributed by atoms with Gasteiger partial charge in [-0.05, 0) is 41.5 Å². The molecule has 0 aliphatic carbocycles. The summed E-state index contributed by atoms with van der Waals surface area (Å²) in [4.78, 5) is 12.5. The van der Waals surface area contributed by atoms with Crippen LogP contribution in [0.5, 0.6) is 5.75 Å². The number of alkyl halides is 2. The lowest BCUT2D eigenvalue weighted by Crippen LogP contribution is -2.15. The van der Waals surface area contributed by atoms with Gasteiger partial charge in [-0.15, -0.1) is 0 Å². The molecule has 3 nitrogen and oxygen atoms in total. The second-order valence-corrected chi connectivity index (χ2v) is 7.88. The molecule has 3 aromatic rings. The Morgan fingerprint density at radius 1 is 1.19 bits per heavy atom. The number of ether oxygens (including phenoxy) is 1. The highest BCUT2D eigenvalue weighted by atomic mass is 19.3. The molecule has 166 valence electrons. The first kappa shape index (κ1) is 21.9. The molecule has 0 aromatic heterocycles. The molecule has 0 bridgehead atoms. The van der Waals surface area contributed by atoms with Crippen molar-refractivity contribution in [2.24, 2.45) is 0 Å². The summed E-state index contributed by atoms with van der Waals surface area (Å²) < 4.78 is 46.7. The van der Waals surface area contributed by atoms with Gasteiger partial charge in [0, 0.05) is 28.6 Å². The molecule has 0 saturated carbocycles. The van der Waals surface area contributed by atoms with Crippen LogP contribution < -0.4 is 9.64 Å². The number of aryl methyl sites for hydroxylation is 1. The van der Waals surface area contributed by atoms with Gasteiger partial charge in [-0.3, -0.25) is 0 Å². The van der Waals surface area contributed by atoms with Gasteiger partial charge >= 0.3 is 6.61 Å². The first-order valence-corrected chi connectivity index (χ1v) is 10.7. The van der Waals surface area contributed by atoms with Gasteiger partial charge in [-0.1, -0.05) is 50.3 Å². The van der Waals surface area contributed by atoms with E-state index >= 15 is 0 Å². The number of hydrogen-bond donors (Lipinski definition) is 0. The lowest BCUT2D eigenvalue weighted by Gasteiger charge is -2.21. The van der Waals surface area contributed by atoms with Crippen LogP contribution in [-0.4, -0.2) is 12.9 Å². The highest BCUT2D eigenvalue weighted by molar-refractivity contribution is 6.00. The van der Waals surface area contributed by atoms with Gasteiger partial charge in [-0.25, -0.2) is 4.39 Å². The number of fused-ring (bicyclic) bond motifs is 2. The average Bonchev–Trinajstić information content (AvgIpc) is 3.10. The third kappa shape index (κ3) is 3.85. The summed E-state index contributed by atoms with van der Waals surface area (Å²) in [5.41, 5.74) is 3.78. The van der Waals surface area contributed by atoms with Crippen LogP contribution >= 0.6 is 0 Å². The van der Waals surface area contributed by atoms with Crippen LogP contribution in [-0.2, 0) is 24.2 Å². The summed E-state index contributed by atoms with van der Waals surface area (Å²) in [5.74, 6) is -0.373. The minimum absolute atomic E-state index is 0.118. The van der Waals surface area contributed by atoms with E-state index in [1.54, 1.807) is 29.2 Å². The smallest absolute Gasteiger partial charge is 0.387 e. The van der Waals surface area contributed by atoms with E-state index in [0.29, 0.717) is 22.2 Å². The standard InChI is InChI=1S/C26H24F3NO2/c1-3-4-7-19-18-8-5-6-9-20(18)25(32-26(28)29)21-15-30(16(2)24(19)21)23-11-10-17(12-13-31)14-22(23)27/h5-6,8-11,13-14,26H,2-4,7,12,15H2,1H3. The zero-order valence-corrected chi connectivity index (χ0v) is 17.8. The minimum Gasteiger partial charge on any atom is -0.434 e. The summed E-state index contributed by atoms with van der Waals surface area (Å²) in [5, 5.41) is 1.47. The van der Waals surface area contributed by atoms with E-state index in [1.165, 1.54) is 6.07 Å². The van der Waals surface area contributed by atoms with Crippen molar-refractivity contribution in [1.29, 1.82) is 0 Å². The van der Waals surface area contributed by atoms with E-state index in [4.69, 9.17) is 4.74 Å². The maximum absolute atomic E-state index is 15.0. The van der Waals surface area contributed by atoms with E-state index in [-0.39, 0.29) is 24.4 Å². The molecule has 3 aromatic carbocycles. The monoisotopic (exact) mass is 439 g/mol. The molecule has 0 atom stereocenters. The zero-order chi connectivity index (χ0) is 22.8. The number of carbonyl (C=O) groups excluding carboxylic acids is 1. The molecule has 0 saturated heterocycles. The first-order valence-electron chi connectivity index (χ1n) is 10.7. The Morgan fingerprint density at radius 2 is 1.94 bits per heavy atom. The normalized spacial score (nSPS) is 13.2. The van der Waals surface area contributed by atoms with Crippen molar-refractivity contribution in [3.05, 3.63) is 77.1 Å². The molecule has 0 spiro atoms. The van der Waals surface area contributed by atoms with E-state index in [1.807, 2.05) is 12.1 Å². The lowest BCUT2D eigenvalue weighted by atomic mass is 9.90. The predicted octanol–water partition coefficient (Wildman–Crippen LogP) is 6.66. The maximum Gasteiger partial charge on any atom is 0.387 e.